The second kappa shape index (κ2) is 14.6. The molecule has 0 aliphatic rings. The Hall–Kier alpha value is -4.74. The number of aliphatic hydroxyl groups is 1. The fourth-order valence-electron chi connectivity index (χ4n) is 5.94. The first-order valence-electron chi connectivity index (χ1n) is 15.9. The van der Waals surface area contributed by atoms with Crippen LogP contribution < -0.4 is 5.32 Å². The number of methoxy groups -OCH3 is 1. The topological polar surface area (TPSA) is 153 Å². The van der Waals surface area contributed by atoms with E-state index in [4.69, 9.17) is 9.47 Å². The molecule has 3 N–H and O–H groups in total. The number of nitro groups is 1. The molecule has 1 atom stereocenters. The number of carboxylic acid groups (broad SMARTS) is 1. The van der Waals surface area contributed by atoms with E-state index in [1.807, 2.05) is 50.2 Å². The van der Waals surface area contributed by atoms with Gasteiger partial charge >= 0.3 is 12.1 Å². The summed E-state index contributed by atoms with van der Waals surface area (Å²) in [5.41, 5.74) is 5.20. The number of nitrogens with one attached hydrogen (secondary N) is 1. The van der Waals surface area contributed by atoms with Gasteiger partial charge in [-0.3, -0.25) is 10.1 Å². The Morgan fingerprint density at radius 2 is 1.73 bits per heavy atom. The van der Waals surface area contributed by atoms with Crippen molar-refractivity contribution in [3.05, 3.63) is 87.5 Å². The van der Waals surface area contributed by atoms with Crippen LogP contribution in [0.15, 0.2) is 60.7 Å². The van der Waals surface area contributed by atoms with Gasteiger partial charge in [-0.1, -0.05) is 50.2 Å². The van der Waals surface area contributed by atoms with Crippen molar-refractivity contribution < 1.29 is 34.2 Å². The molecular weight excluding hydrogens is 614 g/mol. The fourth-order valence-corrected chi connectivity index (χ4v) is 5.94. The van der Waals surface area contributed by atoms with Crippen molar-refractivity contribution in [2.24, 2.45) is 5.41 Å². The van der Waals surface area contributed by atoms with Crippen molar-refractivity contribution in [2.45, 2.75) is 79.2 Å². The number of nitro benzene ring substituents is 1. The number of aliphatic hydroxyl groups excluding tert-OH is 1. The van der Waals surface area contributed by atoms with E-state index in [1.54, 1.807) is 33.9 Å². The van der Waals surface area contributed by atoms with Crippen LogP contribution in [0.3, 0.4) is 0 Å². The van der Waals surface area contributed by atoms with E-state index in [0.29, 0.717) is 36.3 Å². The summed E-state index contributed by atoms with van der Waals surface area (Å²) in [5, 5.41) is 35.5. The standard InChI is InChI=1S/C37H45N3O8/c1-8-39-32-14-13-24(19-29(32)30(20-37(5,6)22-41)33(39)28-12-10-9-11-25(28)21-47-7)26-15-23(16-27(18-26)40(45)46)17-31(34(42)43)38-35(44)48-36(2,3)4/h9-16,18-19,31,41H,8,17,20-22H2,1-7H3,(H,38,44)(H,42,43)/t31-/m0/s1. The Morgan fingerprint density at radius 1 is 1.02 bits per heavy atom. The van der Waals surface area contributed by atoms with E-state index >= 15 is 0 Å². The largest absolute Gasteiger partial charge is 0.480 e. The summed E-state index contributed by atoms with van der Waals surface area (Å²) >= 11 is 0. The Morgan fingerprint density at radius 3 is 2.33 bits per heavy atom. The average Bonchev–Trinajstić information content (AvgIpc) is 3.31. The normalized spacial score (nSPS) is 12.6. The van der Waals surface area contributed by atoms with E-state index < -0.39 is 34.0 Å². The molecule has 0 aliphatic heterocycles. The molecule has 48 heavy (non-hydrogen) atoms. The number of carboxylic acids is 1. The van der Waals surface area contributed by atoms with Crippen molar-refractivity contribution in [1.82, 2.24) is 9.88 Å². The lowest BCUT2D eigenvalue weighted by Gasteiger charge is -2.23. The number of non-ortho nitro benzene ring substituents is 1. The van der Waals surface area contributed by atoms with Crippen molar-refractivity contribution in [3.63, 3.8) is 0 Å². The predicted molar refractivity (Wildman–Crippen MR) is 185 cm³/mol. The lowest BCUT2D eigenvalue weighted by Crippen LogP contribution is -2.44. The van der Waals surface area contributed by atoms with Crippen LogP contribution in [0.4, 0.5) is 10.5 Å². The summed E-state index contributed by atoms with van der Waals surface area (Å²) in [6.07, 6.45) is -0.537. The van der Waals surface area contributed by atoms with Crippen molar-refractivity contribution in [3.8, 4) is 22.4 Å². The van der Waals surface area contributed by atoms with E-state index in [2.05, 4.69) is 22.9 Å². The van der Waals surface area contributed by atoms with Gasteiger partial charge in [0.05, 0.1) is 17.2 Å². The van der Waals surface area contributed by atoms with Crippen LogP contribution in [0.25, 0.3) is 33.3 Å². The number of aliphatic carboxylic acids is 1. The summed E-state index contributed by atoms with van der Waals surface area (Å²) in [6.45, 7) is 12.2. The third-order valence-corrected chi connectivity index (χ3v) is 8.09. The highest BCUT2D eigenvalue weighted by Gasteiger charge is 2.28. The smallest absolute Gasteiger partial charge is 0.408 e. The molecule has 11 heteroatoms. The Labute approximate surface area is 280 Å². The third kappa shape index (κ3) is 8.39. The zero-order chi connectivity index (χ0) is 35.4. The van der Waals surface area contributed by atoms with Crippen LogP contribution >= 0.6 is 0 Å². The number of nitrogens with zero attached hydrogens (tertiary/aromatic N) is 2. The monoisotopic (exact) mass is 659 g/mol. The van der Waals surface area contributed by atoms with Gasteiger partial charge < -0.3 is 29.6 Å². The average molecular weight is 660 g/mol. The number of aromatic nitrogens is 1. The van der Waals surface area contributed by atoms with Crippen molar-refractivity contribution in [1.29, 1.82) is 0 Å². The highest BCUT2D eigenvalue weighted by molar-refractivity contribution is 5.95. The van der Waals surface area contributed by atoms with E-state index in [0.717, 1.165) is 33.3 Å². The molecule has 0 spiro atoms. The first-order valence-corrected chi connectivity index (χ1v) is 15.9. The Kier molecular flexibility index (Phi) is 11.0. The van der Waals surface area contributed by atoms with Crippen LogP contribution in [0.5, 0.6) is 0 Å². The van der Waals surface area contributed by atoms with Gasteiger partial charge in [0.2, 0.25) is 0 Å². The lowest BCUT2D eigenvalue weighted by molar-refractivity contribution is -0.384. The number of benzene rings is 3. The molecule has 1 amide bonds. The number of carbonyl (C=O) groups excluding carboxylic acids is 1. The molecule has 4 rings (SSSR count). The van der Waals surface area contributed by atoms with Crippen LogP contribution in [0, 0.1) is 15.5 Å². The fraction of sp³-hybridized carbons (Fsp3) is 0.405. The number of fused-ring (bicyclic) bond motifs is 1. The van der Waals surface area contributed by atoms with Crippen LogP contribution in [0.2, 0.25) is 0 Å². The molecule has 0 fully saturated rings. The van der Waals surface area contributed by atoms with Crippen LogP contribution in [-0.4, -0.2) is 57.1 Å². The Bertz CT molecular complexity index is 1820. The van der Waals surface area contributed by atoms with Gasteiger partial charge in [-0.05, 0) is 79.5 Å². The van der Waals surface area contributed by atoms with Gasteiger partial charge in [0.25, 0.3) is 5.69 Å². The number of carbonyl (C=O) groups is 2. The van der Waals surface area contributed by atoms with Crippen molar-refractivity contribution >= 4 is 28.7 Å². The summed E-state index contributed by atoms with van der Waals surface area (Å²) in [7, 11) is 1.66. The zero-order valence-corrected chi connectivity index (χ0v) is 28.6. The number of aryl methyl sites for hydroxylation is 1. The zero-order valence-electron chi connectivity index (χ0n) is 28.6. The number of rotatable bonds is 13. The number of alkyl carbamates (subject to hydrolysis) is 1. The molecule has 0 unspecified atom stereocenters. The summed E-state index contributed by atoms with van der Waals surface area (Å²) < 4.78 is 13.0. The third-order valence-electron chi connectivity index (χ3n) is 8.09. The molecule has 256 valence electrons. The summed E-state index contributed by atoms with van der Waals surface area (Å²) in [6, 6.07) is 17.1. The van der Waals surface area contributed by atoms with E-state index in [1.165, 1.54) is 12.1 Å². The van der Waals surface area contributed by atoms with Gasteiger partial charge in [-0.2, -0.15) is 0 Å². The molecule has 1 heterocycles. The quantitative estimate of drug-likeness (QED) is 0.101. The van der Waals surface area contributed by atoms with Crippen LogP contribution in [0.1, 0.15) is 58.2 Å². The van der Waals surface area contributed by atoms with Gasteiger partial charge in [0.1, 0.15) is 11.6 Å². The second-order valence-electron chi connectivity index (χ2n) is 13.8. The highest BCUT2D eigenvalue weighted by Crippen LogP contribution is 2.41. The minimum absolute atomic E-state index is 0.0268. The molecule has 0 aliphatic carbocycles. The highest BCUT2D eigenvalue weighted by atomic mass is 16.6. The molecule has 0 saturated heterocycles. The first kappa shape index (κ1) is 36.1. The van der Waals surface area contributed by atoms with Gasteiger partial charge in [0, 0.05) is 55.3 Å². The SMILES string of the molecule is CCn1c(-c2ccccc2COC)c(CC(C)(C)CO)c2cc(-c3cc(C[C@H](NC(=O)OC(C)(C)C)C(=O)O)cc([N+](=O)[O-])c3)ccc21. The minimum atomic E-state index is -1.38. The first-order chi connectivity index (χ1) is 22.6. The van der Waals surface area contributed by atoms with Crippen LogP contribution in [-0.2, 0) is 40.3 Å². The van der Waals surface area contributed by atoms with Crippen molar-refractivity contribution in [2.75, 3.05) is 13.7 Å². The minimum Gasteiger partial charge on any atom is -0.480 e. The molecule has 0 bridgehead atoms. The number of hydrogen-bond donors (Lipinski definition) is 3. The molecule has 11 nitrogen and oxygen atoms in total. The maximum absolute atomic E-state index is 12.4. The second-order valence-corrected chi connectivity index (χ2v) is 13.8. The maximum atomic E-state index is 12.4. The summed E-state index contributed by atoms with van der Waals surface area (Å²) in [4.78, 5) is 36.0. The number of ether oxygens (including phenoxy) is 2. The van der Waals surface area contributed by atoms with Gasteiger partial charge in [-0.15, -0.1) is 0 Å². The molecule has 3 aromatic carbocycles. The van der Waals surface area contributed by atoms with Gasteiger partial charge in [-0.25, -0.2) is 9.59 Å². The Balaban J connectivity index is 1.89. The number of hydrogen-bond acceptors (Lipinski definition) is 7. The summed E-state index contributed by atoms with van der Waals surface area (Å²) in [5.74, 6) is -1.30. The lowest BCUT2D eigenvalue weighted by atomic mass is 9.84. The van der Waals surface area contributed by atoms with E-state index in [9.17, 15) is 29.9 Å². The molecule has 0 saturated carbocycles. The number of amides is 1. The maximum Gasteiger partial charge on any atom is 0.408 e. The molecule has 1 aromatic heterocycles. The molecule has 4 aromatic rings. The molecule has 0 radical (unpaired) electrons. The molecular formula is C37H45N3O8. The van der Waals surface area contributed by atoms with Gasteiger partial charge in [0.15, 0.2) is 0 Å². The predicted octanol–water partition coefficient (Wildman–Crippen LogP) is 7.13. The van der Waals surface area contributed by atoms with E-state index in [-0.39, 0.29) is 18.7 Å².